The third-order valence-corrected chi connectivity index (χ3v) is 5.61. The van der Waals surface area contributed by atoms with Crippen LogP contribution in [0.2, 0.25) is 0 Å². The minimum atomic E-state index is -1.09. The molecule has 4 rings (SSSR count). The zero-order valence-corrected chi connectivity index (χ0v) is 18.1. The minimum absolute atomic E-state index is 0.219. The molecule has 32 heavy (non-hydrogen) atoms. The van der Waals surface area contributed by atoms with Crippen LogP contribution in [0.5, 0.6) is 0 Å². The van der Waals surface area contributed by atoms with E-state index in [0.717, 1.165) is 0 Å². The number of ether oxygens (including phenoxy) is 1. The first-order chi connectivity index (χ1) is 15.2. The number of hydrogen-bond donors (Lipinski definition) is 1. The Labute approximate surface area is 184 Å². The molecule has 2 aromatic carbocycles. The molecule has 1 aliphatic rings. The summed E-state index contributed by atoms with van der Waals surface area (Å²) >= 11 is 0. The Morgan fingerprint density at radius 1 is 0.875 bits per heavy atom. The highest BCUT2D eigenvalue weighted by Gasteiger charge is 2.30. The standard InChI is InChI=1S/C25H21NO6/c1-12-13(2)31-14(3)21(12)25(30)32-15(4)24(29)26-16-9-10-19-20(11-16)23(28)18-8-6-5-7-17(18)22(19)27/h5-11,15H,1-4H3,(H,26,29). The maximum absolute atomic E-state index is 12.9. The van der Waals surface area contributed by atoms with Crippen LogP contribution in [0.4, 0.5) is 5.69 Å². The summed E-state index contributed by atoms with van der Waals surface area (Å²) in [5, 5.41) is 2.64. The summed E-state index contributed by atoms with van der Waals surface area (Å²) in [6.07, 6.45) is -1.09. The zero-order chi connectivity index (χ0) is 23.2. The smallest absolute Gasteiger partial charge is 0.342 e. The topological polar surface area (TPSA) is 103 Å². The first-order valence-electron chi connectivity index (χ1n) is 10.1. The molecule has 1 unspecified atom stereocenters. The van der Waals surface area contributed by atoms with Crippen LogP contribution in [0.25, 0.3) is 0 Å². The van der Waals surface area contributed by atoms with E-state index in [2.05, 4.69) is 5.32 Å². The lowest BCUT2D eigenvalue weighted by molar-refractivity contribution is -0.123. The second-order valence-corrected chi connectivity index (χ2v) is 7.72. The third-order valence-electron chi connectivity index (χ3n) is 5.61. The van der Waals surface area contributed by atoms with Gasteiger partial charge in [0, 0.05) is 33.5 Å². The molecule has 3 aromatic rings. The van der Waals surface area contributed by atoms with Gasteiger partial charge in [0.15, 0.2) is 17.7 Å². The van der Waals surface area contributed by atoms with E-state index in [-0.39, 0.29) is 22.7 Å². The highest BCUT2D eigenvalue weighted by molar-refractivity contribution is 6.28. The lowest BCUT2D eigenvalue weighted by Gasteiger charge is -2.19. The molecule has 0 bridgehead atoms. The number of carbonyl (C=O) groups is 4. The average molecular weight is 431 g/mol. The van der Waals surface area contributed by atoms with Gasteiger partial charge in [0.25, 0.3) is 5.91 Å². The molecule has 1 aromatic heterocycles. The molecule has 0 saturated heterocycles. The number of benzene rings is 2. The van der Waals surface area contributed by atoms with Gasteiger partial charge in [-0.2, -0.15) is 0 Å². The van der Waals surface area contributed by atoms with Gasteiger partial charge in [-0.05, 0) is 45.9 Å². The fraction of sp³-hybridized carbons (Fsp3) is 0.200. The lowest BCUT2D eigenvalue weighted by atomic mass is 9.84. The number of esters is 1. The van der Waals surface area contributed by atoms with Gasteiger partial charge in [0.05, 0.1) is 0 Å². The zero-order valence-electron chi connectivity index (χ0n) is 18.1. The Kier molecular flexibility index (Phi) is 5.26. The summed E-state index contributed by atoms with van der Waals surface area (Å²) < 4.78 is 10.8. The van der Waals surface area contributed by atoms with E-state index in [0.29, 0.717) is 39.5 Å². The van der Waals surface area contributed by atoms with Gasteiger partial charge in [-0.25, -0.2) is 4.79 Å². The summed E-state index contributed by atoms with van der Waals surface area (Å²) in [7, 11) is 0. The van der Waals surface area contributed by atoms with Crippen molar-refractivity contribution in [2.24, 2.45) is 0 Å². The molecule has 7 heteroatoms. The van der Waals surface area contributed by atoms with E-state index in [1.54, 1.807) is 45.0 Å². The largest absolute Gasteiger partial charge is 0.465 e. The number of hydrogen-bond acceptors (Lipinski definition) is 6. The van der Waals surface area contributed by atoms with Crippen molar-refractivity contribution in [2.45, 2.75) is 33.8 Å². The number of amides is 1. The molecule has 0 fully saturated rings. The van der Waals surface area contributed by atoms with E-state index in [1.165, 1.54) is 25.1 Å². The van der Waals surface area contributed by atoms with E-state index in [4.69, 9.17) is 9.15 Å². The Morgan fingerprint density at radius 3 is 2.06 bits per heavy atom. The second kappa shape index (κ2) is 7.92. The van der Waals surface area contributed by atoms with Crippen molar-refractivity contribution in [1.82, 2.24) is 0 Å². The summed E-state index contributed by atoms with van der Waals surface area (Å²) in [4.78, 5) is 50.7. The molecule has 0 aliphatic heterocycles. The number of fused-ring (bicyclic) bond motifs is 2. The number of nitrogens with one attached hydrogen (secondary N) is 1. The van der Waals surface area contributed by atoms with Crippen LogP contribution in [-0.2, 0) is 9.53 Å². The molecular weight excluding hydrogens is 410 g/mol. The van der Waals surface area contributed by atoms with Gasteiger partial charge in [-0.15, -0.1) is 0 Å². The van der Waals surface area contributed by atoms with Crippen molar-refractivity contribution in [3.05, 3.63) is 87.4 Å². The molecular formula is C25H21NO6. The molecule has 0 saturated carbocycles. The maximum atomic E-state index is 12.9. The number of carbonyl (C=O) groups excluding carboxylic acids is 4. The number of anilines is 1. The summed E-state index contributed by atoms with van der Waals surface area (Å²) in [6.45, 7) is 6.60. The monoisotopic (exact) mass is 431 g/mol. The van der Waals surface area contributed by atoms with Crippen LogP contribution in [0, 0.1) is 20.8 Å². The predicted octanol–water partition coefficient (Wildman–Crippen LogP) is 4.16. The van der Waals surface area contributed by atoms with Crippen molar-refractivity contribution >= 4 is 29.1 Å². The molecule has 1 heterocycles. The number of furan rings is 1. The molecule has 7 nitrogen and oxygen atoms in total. The first-order valence-corrected chi connectivity index (χ1v) is 10.1. The van der Waals surface area contributed by atoms with Gasteiger partial charge < -0.3 is 14.5 Å². The quantitative estimate of drug-likeness (QED) is 0.487. The Balaban J connectivity index is 1.51. The SMILES string of the molecule is Cc1oc(C)c(C(=O)OC(C)C(=O)Nc2ccc3c(c2)C(=O)c2ccccc2C3=O)c1C. The fourth-order valence-electron chi connectivity index (χ4n) is 3.79. The summed E-state index contributed by atoms with van der Waals surface area (Å²) in [5.74, 6) is -0.702. The van der Waals surface area contributed by atoms with Crippen LogP contribution in [0.15, 0.2) is 46.9 Å². The van der Waals surface area contributed by atoms with Crippen molar-refractivity contribution in [2.75, 3.05) is 5.32 Å². The molecule has 1 amide bonds. The fourth-order valence-corrected chi connectivity index (χ4v) is 3.79. The lowest BCUT2D eigenvalue weighted by Crippen LogP contribution is -2.30. The van der Waals surface area contributed by atoms with Gasteiger partial charge in [-0.3, -0.25) is 14.4 Å². The molecule has 0 radical (unpaired) electrons. The van der Waals surface area contributed by atoms with Crippen molar-refractivity contribution in [3.8, 4) is 0 Å². The normalized spacial score (nSPS) is 13.2. The van der Waals surface area contributed by atoms with Crippen molar-refractivity contribution in [3.63, 3.8) is 0 Å². The van der Waals surface area contributed by atoms with Gasteiger partial charge in [-0.1, -0.05) is 24.3 Å². The number of rotatable bonds is 4. The Bertz CT molecular complexity index is 1300. The van der Waals surface area contributed by atoms with E-state index >= 15 is 0 Å². The van der Waals surface area contributed by atoms with E-state index < -0.39 is 18.0 Å². The Hall–Kier alpha value is -4.00. The predicted molar refractivity (Wildman–Crippen MR) is 116 cm³/mol. The van der Waals surface area contributed by atoms with Crippen molar-refractivity contribution in [1.29, 1.82) is 0 Å². The second-order valence-electron chi connectivity index (χ2n) is 7.72. The number of ketones is 2. The molecule has 162 valence electrons. The van der Waals surface area contributed by atoms with Crippen LogP contribution >= 0.6 is 0 Å². The van der Waals surface area contributed by atoms with Crippen LogP contribution in [0.1, 0.15) is 66.2 Å². The van der Waals surface area contributed by atoms with Gasteiger partial charge >= 0.3 is 5.97 Å². The maximum Gasteiger partial charge on any atom is 0.342 e. The summed E-state index contributed by atoms with van der Waals surface area (Å²) in [6, 6.07) is 11.1. The highest BCUT2D eigenvalue weighted by atomic mass is 16.5. The van der Waals surface area contributed by atoms with Crippen LogP contribution < -0.4 is 5.32 Å². The average Bonchev–Trinajstić information content (AvgIpc) is 3.03. The van der Waals surface area contributed by atoms with Crippen molar-refractivity contribution < 1.29 is 28.3 Å². The minimum Gasteiger partial charge on any atom is -0.465 e. The molecule has 0 spiro atoms. The van der Waals surface area contributed by atoms with E-state index in [9.17, 15) is 19.2 Å². The van der Waals surface area contributed by atoms with E-state index in [1.807, 2.05) is 0 Å². The van der Waals surface area contributed by atoms with Gasteiger partial charge in [0.1, 0.15) is 17.1 Å². The van der Waals surface area contributed by atoms with Gasteiger partial charge in [0.2, 0.25) is 0 Å². The first kappa shape index (κ1) is 21.2. The van der Waals surface area contributed by atoms with Crippen LogP contribution in [-0.4, -0.2) is 29.5 Å². The number of aryl methyl sites for hydroxylation is 2. The Morgan fingerprint density at radius 2 is 1.47 bits per heavy atom. The third kappa shape index (κ3) is 3.51. The molecule has 1 atom stereocenters. The van der Waals surface area contributed by atoms with Crippen LogP contribution in [0.3, 0.4) is 0 Å². The summed E-state index contributed by atoms with van der Waals surface area (Å²) in [5.41, 5.74) is 2.49. The molecule has 1 N–H and O–H groups in total. The molecule has 1 aliphatic carbocycles. The highest BCUT2D eigenvalue weighted by Crippen LogP contribution is 2.29.